The minimum atomic E-state index is -3.92. The molecule has 8 nitrogen and oxygen atoms in total. The van der Waals surface area contributed by atoms with Gasteiger partial charge in [0.2, 0.25) is 5.13 Å². The number of benzene rings is 2. The number of ether oxygens (including phenoxy) is 1. The van der Waals surface area contributed by atoms with E-state index in [1.807, 2.05) is 19.9 Å². The summed E-state index contributed by atoms with van der Waals surface area (Å²) >= 11 is 2.69. The molecule has 1 aliphatic rings. The van der Waals surface area contributed by atoms with E-state index in [2.05, 4.69) is 22.1 Å². The molecule has 2 aromatic carbocycles. The number of carbonyl (C=O) groups is 1. The molecule has 33 heavy (non-hydrogen) atoms. The summed E-state index contributed by atoms with van der Waals surface area (Å²) in [5, 5.41) is 11.0. The molecule has 0 unspecified atom stereocenters. The maximum Gasteiger partial charge on any atom is 0.269 e. The lowest BCUT2D eigenvalue weighted by Gasteiger charge is -2.34. The van der Waals surface area contributed by atoms with E-state index in [9.17, 15) is 13.2 Å². The molecule has 1 amide bonds. The summed E-state index contributed by atoms with van der Waals surface area (Å²) in [6.07, 6.45) is 0.690. The Kier molecular flexibility index (Phi) is 6.73. The lowest BCUT2D eigenvalue weighted by atomic mass is 10.1. The Balaban J connectivity index is 1.62. The highest BCUT2D eigenvalue weighted by Gasteiger charge is 2.38. The van der Waals surface area contributed by atoms with E-state index in [1.165, 1.54) is 27.4 Å². The van der Waals surface area contributed by atoms with E-state index < -0.39 is 22.0 Å². The zero-order valence-electron chi connectivity index (χ0n) is 18.0. The Labute approximate surface area is 200 Å². The molecule has 172 valence electrons. The van der Waals surface area contributed by atoms with E-state index in [-0.39, 0.29) is 11.4 Å². The van der Waals surface area contributed by atoms with Gasteiger partial charge < -0.3 is 4.74 Å². The number of sulfonamides is 1. The standard InChI is InChI=1S/C22H22N4O4S3/c1-4-11-31-22-25-24-21(32-22)23-20(27)19-13-26(17-10-7-15(3)12-18(17)30-19)33(28,29)16-8-5-14(2)6-9-16/h4-10,12,19H,1,11,13H2,2-3H3,(H,23,24,27)/t19-/m1/s1. The Bertz CT molecular complexity index is 1290. The summed E-state index contributed by atoms with van der Waals surface area (Å²) in [6, 6.07) is 11.8. The summed E-state index contributed by atoms with van der Waals surface area (Å²) in [6.45, 7) is 7.25. The highest BCUT2D eigenvalue weighted by Crippen LogP contribution is 2.38. The van der Waals surface area contributed by atoms with Gasteiger partial charge in [0, 0.05) is 5.75 Å². The number of rotatable bonds is 7. The van der Waals surface area contributed by atoms with E-state index in [1.54, 1.807) is 42.5 Å². The van der Waals surface area contributed by atoms with Crippen LogP contribution in [0.1, 0.15) is 11.1 Å². The van der Waals surface area contributed by atoms with Crippen molar-refractivity contribution >= 4 is 49.8 Å². The van der Waals surface area contributed by atoms with E-state index >= 15 is 0 Å². The number of nitrogens with one attached hydrogen (secondary N) is 1. The predicted octanol–water partition coefficient (Wildman–Crippen LogP) is 4.03. The van der Waals surface area contributed by atoms with Gasteiger partial charge in [-0.1, -0.05) is 52.9 Å². The first-order valence-corrected chi connectivity index (χ1v) is 13.3. The number of anilines is 2. The number of hydrogen-bond donors (Lipinski definition) is 1. The van der Waals surface area contributed by atoms with Crippen LogP contribution in [0.15, 0.2) is 64.4 Å². The Morgan fingerprint density at radius 3 is 2.70 bits per heavy atom. The predicted molar refractivity (Wildman–Crippen MR) is 131 cm³/mol. The average Bonchev–Trinajstić information content (AvgIpc) is 3.24. The summed E-state index contributed by atoms with van der Waals surface area (Å²) in [5.41, 5.74) is 2.23. The zero-order valence-corrected chi connectivity index (χ0v) is 20.5. The van der Waals surface area contributed by atoms with E-state index in [0.717, 1.165) is 11.1 Å². The molecule has 1 aromatic heterocycles. The van der Waals surface area contributed by atoms with Crippen molar-refractivity contribution in [1.29, 1.82) is 0 Å². The maximum atomic E-state index is 13.5. The quantitative estimate of drug-likeness (QED) is 0.296. The number of thioether (sulfide) groups is 1. The Hall–Kier alpha value is -2.89. The van der Waals surface area contributed by atoms with Crippen molar-refractivity contribution in [3.63, 3.8) is 0 Å². The summed E-state index contributed by atoms with van der Waals surface area (Å²) in [7, 11) is -3.92. The smallest absolute Gasteiger partial charge is 0.269 e. The van der Waals surface area contributed by atoms with Gasteiger partial charge >= 0.3 is 0 Å². The van der Waals surface area contributed by atoms with Crippen molar-refractivity contribution in [2.24, 2.45) is 0 Å². The van der Waals surface area contributed by atoms with Gasteiger partial charge in [0.15, 0.2) is 10.4 Å². The second kappa shape index (κ2) is 9.54. The fraction of sp³-hybridized carbons (Fsp3) is 0.227. The van der Waals surface area contributed by atoms with Crippen LogP contribution in [0.25, 0.3) is 0 Å². The first-order chi connectivity index (χ1) is 15.8. The third kappa shape index (κ3) is 5.05. The number of carbonyl (C=O) groups excluding carboxylic acids is 1. The molecule has 4 rings (SSSR count). The van der Waals surface area contributed by atoms with Crippen LogP contribution < -0.4 is 14.4 Å². The van der Waals surface area contributed by atoms with Gasteiger partial charge in [-0.3, -0.25) is 14.4 Å². The summed E-state index contributed by atoms with van der Waals surface area (Å²) in [4.78, 5) is 13.1. The normalized spacial score (nSPS) is 15.5. The fourth-order valence-electron chi connectivity index (χ4n) is 3.20. The molecule has 0 bridgehead atoms. The molecule has 0 saturated carbocycles. The van der Waals surface area contributed by atoms with Crippen LogP contribution >= 0.6 is 23.1 Å². The van der Waals surface area contributed by atoms with E-state index in [4.69, 9.17) is 4.74 Å². The summed E-state index contributed by atoms with van der Waals surface area (Å²) in [5.74, 6) is 0.510. The monoisotopic (exact) mass is 502 g/mol. The van der Waals surface area contributed by atoms with Crippen LogP contribution in [0.5, 0.6) is 5.75 Å². The minimum Gasteiger partial charge on any atom is -0.476 e. The van der Waals surface area contributed by atoms with Gasteiger partial charge in [-0.05, 0) is 43.7 Å². The first kappa shape index (κ1) is 23.3. The number of nitrogens with zero attached hydrogens (tertiary/aromatic N) is 3. The van der Waals surface area contributed by atoms with Crippen molar-refractivity contribution in [3.8, 4) is 5.75 Å². The van der Waals surface area contributed by atoms with Crippen LogP contribution in [0.4, 0.5) is 10.8 Å². The number of aryl methyl sites for hydroxylation is 2. The highest BCUT2D eigenvalue weighted by molar-refractivity contribution is 8.01. The number of aromatic nitrogens is 2. The van der Waals surface area contributed by atoms with Crippen LogP contribution in [0.2, 0.25) is 0 Å². The Morgan fingerprint density at radius 1 is 1.24 bits per heavy atom. The molecule has 1 atom stereocenters. The minimum absolute atomic E-state index is 0.147. The van der Waals surface area contributed by atoms with Gasteiger partial charge in [-0.25, -0.2) is 8.42 Å². The van der Waals surface area contributed by atoms with Crippen molar-refractivity contribution < 1.29 is 17.9 Å². The Morgan fingerprint density at radius 2 is 1.97 bits per heavy atom. The number of fused-ring (bicyclic) bond motifs is 1. The molecule has 0 saturated heterocycles. The maximum absolute atomic E-state index is 13.5. The third-order valence-electron chi connectivity index (χ3n) is 4.85. The topological polar surface area (TPSA) is 101 Å². The third-order valence-corrected chi connectivity index (χ3v) is 8.61. The molecule has 3 aromatic rings. The van der Waals surface area contributed by atoms with Crippen LogP contribution in [0.3, 0.4) is 0 Å². The summed E-state index contributed by atoms with van der Waals surface area (Å²) < 4.78 is 34.8. The van der Waals surface area contributed by atoms with E-state index in [0.29, 0.717) is 26.7 Å². The van der Waals surface area contributed by atoms with Gasteiger partial charge in [0.25, 0.3) is 15.9 Å². The molecule has 0 spiro atoms. The van der Waals surface area contributed by atoms with Gasteiger partial charge in [0.05, 0.1) is 17.1 Å². The van der Waals surface area contributed by atoms with Crippen LogP contribution in [-0.4, -0.2) is 42.9 Å². The van der Waals surface area contributed by atoms with Gasteiger partial charge in [-0.2, -0.15) is 0 Å². The lowest BCUT2D eigenvalue weighted by Crippen LogP contribution is -2.48. The molecule has 2 heterocycles. The molecule has 0 fully saturated rings. The van der Waals surface area contributed by atoms with Crippen molar-refractivity contribution in [1.82, 2.24) is 10.2 Å². The SMILES string of the molecule is C=CCSc1nnc(NC(=O)[C@H]2CN(S(=O)(=O)c3ccc(C)cc3)c3ccc(C)cc3O2)s1. The average molecular weight is 503 g/mol. The van der Waals surface area contributed by atoms with Crippen LogP contribution in [0, 0.1) is 13.8 Å². The first-order valence-electron chi connectivity index (χ1n) is 10.0. The molecule has 1 aliphatic heterocycles. The molecular weight excluding hydrogens is 480 g/mol. The molecule has 11 heteroatoms. The fourth-order valence-corrected chi connectivity index (χ4v) is 6.19. The number of hydrogen-bond acceptors (Lipinski definition) is 8. The number of amides is 1. The second-order valence-corrected chi connectivity index (χ2v) is 11.5. The molecule has 1 N–H and O–H groups in total. The molecule has 0 radical (unpaired) electrons. The lowest BCUT2D eigenvalue weighted by molar-refractivity contribution is -0.122. The highest BCUT2D eigenvalue weighted by atomic mass is 32.2. The van der Waals surface area contributed by atoms with Crippen molar-refractivity contribution in [2.75, 3.05) is 21.9 Å². The van der Waals surface area contributed by atoms with Gasteiger partial charge in [0.1, 0.15) is 5.75 Å². The largest absolute Gasteiger partial charge is 0.476 e. The molecule has 0 aliphatic carbocycles. The molecular formula is C22H22N4O4S3. The second-order valence-electron chi connectivity index (χ2n) is 7.39. The van der Waals surface area contributed by atoms with Gasteiger partial charge in [-0.15, -0.1) is 16.8 Å². The van der Waals surface area contributed by atoms with Crippen molar-refractivity contribution in [3.05, 3.63) is 66.2 Å². The zero-order chi connectivity index (χ0) is 23.6. The van der Waals surface area contributed by atoms with Crippen LogP contribution in [-0.2, 0) is 14.8 Å². The van der Waals surface area contributed by atoms with Crippen molar-refractivity contribution in [2.45, 2.75) is 29.2 Å².